The molecule has 0 aliphatic carbocycles. The highest BCUT2D eigenvalue weighted by Crippen LogP contribution is 2.42. The van der Waals surface area contributed by atoms with Gasteiger partial charge in [-0.2, -0.15) is 0 Å². The molecule has 252 valence electrons. The Labute approximate surface area is 315 Å². The molecule has 8 aromatic carbocycles. The van der Waals surface area contributed by atoms with E-state index in [0.717, 1.165) is 72.3 Å². The maximum absolute atomic E-state index is 6.58. The molecule has 0 atom stereocenters. The minimum absolute atomic E-state index is 0.693. The molecular formula is C50H30N2OS. The van der Waals surface area contributed by atoms with Crippen molar-refractivity contribution in [3.63, 3.8) is 0 Å². The molecular weight excluding hydrogens is 677 g/mol. The Morgan fingerprint density at radius 3 is 1.98 bits per heavy atom. The molecule has 3 heterocycles. The van der Waals surface area contributed by atoms with Crippen LogP contribution in [0.15, 0.2) is 186 Å². The van der Waals surface area contributed by atoms with E-state index in [0.29, 0.717) is 5.82 Å². The van der Waals surface area contributed by atoms with Crippen LogP contribution < -0.4 is 0 Å². The Bertz CT molecular complexity index is 3230. The second kappa shape index (κ2) is 12.4. The van der Waals surface area contributed by atoms with Crippen molar-refractivity contribution in [3.8, 4) is 56.2 Å². The molecule has 0 radical (unpaired) electrons. The SMILES string of the molecule is c1ccc(-c2nc(-c3cc(-c4ccc5ccccc5c4)cc(-c4cccc5c4oc4ccccc45)c3)cc(-c3cccc4c3sc3ccccc34)n2)cc1. The van der Waals surface area contributed by atoms with Crippen molar-refractivity contribution < 1.29 is 4.42 Å². The molecule has 0 saturated heterocycles. The Balaban J connectivity index is 1.18. The summed E-state index contributed by atoms with van der Waals surface area (Å²) < 4.78 is 9.08. The molecule has 3 nitrogen and oxygen atoms in total. The van der Waals surface area contributed by atoms with Crippen molar-refractivity contribution in [2.45, 2.75) is 0 Å². The van der Waals surface area contributed by atoms with Gasteiger partial charge in [-0.05, 0) is 69.9 Å². The van der Waals surface area contributed by atoms with E-state index < -0.39 is 0 Å². The molecule has 54 heavy (non-hydrogen) atoms. The van der Waals surface area contributed by atoms with Crippen LogP contribution in [0, 0.1) is 0 Å². The first kappa shape index (κ1) is 30.7. The van der Waals surface area contributed by atoms with Crippen LogP contribution >= 0.6 is 11.3 Å². The monoisotopic (exact) mass is 706 g/mol. The third kappa shape index (κ3) is 5.11. The van der Waals surface area contributed by atoms with Crippen LogP contribution in [0.25, 0.3) is 109 Å². The normalized spacial score (nSPS) is 11.7. The first-order valence-corrected chi connectivity index (χ1v) is 19.0. The Morgan fingerprint density at radius 2 is 1.07 bits per heavy atom. The molecule has 0 unspecified atom stereocenters. The number of benzene rings is 8. The molecule has 4 heteroatoms. The quantitative estimate of drug-likeness (QED) is 0.179. The lowest BCUT2D eigenvalue weighted by molar-refractivity contribution is 0.670. The average molecular weight is 707 g/mol. The molecule has 0 aliphatic rings. The lowest BCUT2D eigenvalue weighted by Gasteiger charge is -2.14. The third-order valence-electron chi connectivity index (χ3n) is 10.5. The fraction of sp³-hybridized carbons (Fsp3) is 0. The summed E-state index contributed by atoms with van der Waals surface area (Å²) >= 11 is 1.82. The summed E-state index contributed by atoms with van der Waals surface area (Å²) in [6, 6.07) is 64.4. The molecule has 0 N–H and O–H groups in total. The number of fused-ring (bicyclic) bond motifs is 7. The van der Waals surface area contributed by atoms with Crippen LogP contribution in [0.5, 0.6) is 0 Å². The zero-order chi connectivity index (χ0) is 35.6. The van der Waals surface area contributed by atoms with Gasteiger partial charge in [0.1, 0.15) is 11.2 Å². The van der Waals surface area contributed by atoms with E-state index in [1.807, 2.05) is 41.7 Å². The molecule has 0 saturated carbocycles. The summed E-state index contributed by atoms with van der Waals surface area (Å²) in [5.41, 5.74) is 11.0. The number of nitrogens with zero attached hydrogens (tertiary/aromatic N) is 2. The first-order chi connectivity index (χ1) is 26.7. The first-order valence-electron chi connectivity index (χ1n) is 18.1. The summed E-state index contributed by atoms with van der Waals surface area (Å²) in [6.45, 7) is 0. The van der Waals surface area contributed by atoms with Gasteiger partial charge in [-0.1, -0.05) is 140 Å². The van der Waals surface area contributed by atoms with Crippen LogP contribution in [0.4, 0.5) is 0 Å². The van der Waals surface area contributed by atoms with Crippen molar-refractivity contribution in [2.75, 3.05) is 0 Å². The van der Waals surface area contributed by atoms with Crippen LogP contribution in [0.3, 0.4) is 0 Å². The lowest BCUT2D eigenvalue weighted by Crippen LogP contribution is -1.96. The van der Waals surface area contributed by atoms with Gasteiger partial charge >= 0.3 is 0 Å². The van der Waals surface area contributed by atoms with Gasteiger partial charge < -0.3 is 4.42 Å². The second-order valence-electron chi connectivity index (χ2n) is 13.7. The van der Waals surface area contributed by atoms with E-state index in [1.165, 1.54) is 30.9 Å². The second-order valence-corrected chi connectivity index (χ2v) is 14.8. The van der Waals surface area contributed by atoms with E-state index in [-0.39, 0.29) is 0 Å². The molecule has 0 bridgehead atoms. The Morgan fingerprint density at radius 1 is 0.389 bits per heavy atom. The van der Waals surface area contributed by atoms with Crippen LogP contribution in [0.2, 0.25) is 0 Å². The topological polar surface area (TPSA) is 38.9 Å². The number of hydrogen-bond acceptors (Lipinski definition) is 4. The fourth-order valence-corrected chi connectivity index (χ4v) is 9.06. The van der Waals surface area contributed by atoms with Gasteiger partial charge in [0.05, 0.1) is 11.4 Å². The number of thiophene rings is 1. The van der Waals surface area contributed by atoms with Gasteiger partial charge in [0, 0.05) is 53.2 Å². The van der Waals surface area contributed by atoms with Gasteiger partial charge in [-0.3, -0.25) is 0 Å². The molecule has 11 rings (SSSR count). The number of aromatic nitrogens is 2. The number of furan rings is 1. The summed E-state index contributed by atoms with van der Waals surface area (Å²) in [6.07, 6.45) is 0. The van der Waals surface area contributed by atoms with E-state index in [1.54, 1.807) is 0 Å². The standard InChI is InChI=1S/C50H30N2OS/c1-2-13-32(14-3-1)50-51-44(30-45(52-50)43-21-11-20-42-40-17-7-9-23-47(40)54-49(42)43)37-28-35(34-25-24-31-12-4-5-15-33(31)26-34)27-36(29-37)38-18-10-19-41-39-16-6-8-22-46(39)53-48(38)41/h1-30H. The van der Waals surface area contributed by atoms with Crippen molar-refractivity contribution in [1.29, 1.82) is 0 Å². The van der Waals surface area contributed by atoms with Crippen LogP contribution in [0.1, 0.15) is 0 Å². The average Bonchev–Trinajstić information content (AvgIpc) is 3.82. The van der Waals surface area contributed by atoms with E-state index in [4.69, 9.17) is 14.4 Å². The third-order valence-corrected chi connectivity index (χ3v) is 11.7. The summed E-state index contributed by atoms with van der Waals surface area (Å²) in [4.78, 5) is 10.6. The largest absolute Gasteiger partial charge is 0.455 e. The number of para-hydroxylation sites is 2. The zero-order valence-electron chi connectivity index (χ0n) is 29.0. The van der Waals surface area contributed by atoms with Crippen molar-refractivity contribution >= 4 is 64.2 Å². The van der Waals surface area contributed by atoms with Gasteiger partial charge in [-0.15, -0.1) is 11.3 Å². The van der Waals surface area contributed by atoms with Crippen molar-refractivity contribution in [3.05, 3.63) is 182 Å². The molecule has 0 spiro atoms. The minimum Gasteiger partial charge on any atom is -0.455 e. The van der Waals surface area contributed by atoms with Crippen LogP contribution in [-0.2, 0) is 0 Å². The minimum atomic E-state index is 0.693. The van der Waals surface area contributed by atoms with Crippen LogP contribution in [-0.4, -0.2) is 9.97 Å². The highest BCUT2D eigenvalue weighted by atomic mass is 32.1. The Hall–Kier alpha value is -6.88. The predicted molar refractivity (Wildman–Crippen MR) is 227 cm³/mol. The zero-order valence-corrected chi connectivity index (χ0v) is 29.8. The van der Waals surface area contributed by atoms with Crippen molar-refractivity contribution in [1.82, 2.24) is 9.97 Å². The summed E-state index contributed by atoms with van der Waals surface area (Å²) in [7, 11) is 0. The van der Waals surface area contributed by atoms with E-state index in [2.05, 4.69) is 152 Å². The fourth-order valence-electron chi connectivity index (χ4n) is 7.84. The molecule has 0 fully saturated rings. The van der Waals surface area contributed by atoms with E-state index in [9.17, 15) is 0 Å². The molecule has 0 amide bonds. The highest BCUT2D eigenvalue weighted by Gasteiger charge is 2.18. The van der Waals surface area contributed by atoms with Gasteiger partial charge in [0.15, 0.2) is 5.82 Å². The van der Waals surface area contributed by atoms with Gasteiger partial charge in [-0.25, -0.2) is 9.97 Å². The van der Waals surface area contributed by atoms with E-state index >= 15 is 0 Å². The molecule has 0 aliphatic heterocycles. The lowest BCUT2D eigenvalue weighted by atomic mass is 9.93. The van der Waals surface area contributed by atoms with Gasteiger partial charge in [0.25, 0.3) is 0 Å². The van der Waals surface area contributed by atoms with Crippen molar-refractivity contribution in [2.24, 2.45) is 0 Å². The maximum atomic E-state index is 6.58. The smallest absolute Gasteiger partial charge is 0.160 e. The highest BCUT2D eigenvalue weighted by molar-refractivity contribution is 7.26. The predicted octanol–water partition coefficient (Wildman–Crippen LogP) is 14.2. The van der Waals surface area contributed by atoms with Gasteiger partial charge in [0.2, 0.25) is 0 Å². The number of hydrogen-bond donors (Lipinski definition) is 0. The summed E-state index contributed by atoms with van der Waals surface area (Å²) in [5.74, 6) is 0.693. The molecule has 3 aromatic heterocycles. The molecule has 11 aromatic rings. The summed E-state index contributed by atoms with van der Waals surface area (Å²) in [5, 5.41) is 7.15. The Kier molecular flexibility index (Phi) is 7.04. The number of rotatable bonds is 5. The maximum Gasteiger partial charge on any atom is 0.160 e.